The maximum absolute atomic E-state index is 12.9. The first-order chi connectivity index (χ1) is 14.4. The van der Waals surface area contributed by atoms with Gasteiger partial charge in [-0.3, -0.25) is 4.79 Å². The van der Waals surface area contributed by atoms with Gasteiger partial charge in [0.1, 0.15) is 33.0 Å². The number of nitrogens with two attached hydrogens (primary N) is 2. The number of hydrogen-bond acceptors (Lipinski definition) is 7. The second-order valence-corrected chi connectivity index (χ2v) is 7.92. The number of nitrogen functional groups attached to an aromatic ring is 2. The lowest BCUT2D eigenvalue weighted by molar-refractivity contribution is 0.103. The summed E-state index contributed by atoms with van der Waals surface area (Å²) in [5.74, 6) is 0.149. The number of benzene rings is 1. The van der Waals surface area contributed by atoms with Gasteiger partial charge in [0, 0.05) is 17.1 Å². The number of aromatic nitrogens is 2. The highest BCUT2D eigenvalue weighted by atomic mass is 32.1. The van der Waals surface area contributed by atoms with Gasteiger partial charge < -0.3 is 16.8 Å². The molecule has 7 nitrogen and oxygen atoms in total. The maximum atomic E-state index is 12.9. The Morgan fingerprint density at radius 1 is 1.13 bits per heavy atom. The van der Waals surface area contributed by atoms with Gasteiger partial charge in [-0.25, -0.2) is 9.97 Å². The minimum Gasteiger partial charge on any atom is -0.397 e. The van der Waals surface area contributed by atoms with E-state index >= 15 is 0 Å². The average molecular weight is 414 g/mol. The SMILES string of the molecule is Cc1ccc(-c2c(C#N)c(N)nc3sc(C(=O)Nc4cc(C)ccn4)c(N)c23)cc1. The van der Waals surface area contributed by atoms with E-state index in [1.165, 1.54) is 0 Å². The molecule has 148 valence electrons. The Balaban J connectivity index is 1.90. The predicted octanol–water partition coefficient (Wildman–Crippen LogP) is 4.26. The van der Waals surface area contributed by atoms with Crippen LogP contribution in [0.4, 0.5) is 17.3 Å². The van der Waals surface area contributed by atoms with Crippen molar-refractivity contribution in [2.45, 2.75) is 13.8 Å². The van der Waals surface area contributed by atoms with Crippen molar-refractivity contribution >= 4 is 44.8 Å². The average Bonchev–Trinajstić information content (AvgIpc) is 3.04. The Morgan fingerprint density at radius 2 is 1.87 bits per heavy atom. The number of fused-ring (bicyclic) bond motifs is 1. The number of hydrogen-bond donors (Lipinski definition) is 3. The van der Waals surface area contributed by atoms with E-state index in [1.807, 2.05) is 44.2 Å². The normalized spacial score (nSPS) is 10.7. The number of nitrogens with one attached hydrogen (secondary N) is 1. The number of pyridine rings is 2. The molecule has 0 radical (unpaired) electrons. The van der Waals surface area contributed by atoms with Gasteiger partial charge in [0.15, 0.2) is 0 Å². The van der Waals surface area contributed by atoms with Crippen LogP contribution in [-0.2, 0) is 0 Å². The lowest BCUT2D eigenvalue weighted by atomic mass is 9.96. The monoisotopic (exact) mass is 414 g/mol. The molecule has 4 rings (SSSR count). The molecule has 8 heteroatoms. The van der Waals surface area contributed by atoms with Gasteiger partial charge in [0.2, 0.25) is 0 Å². The van der Waals surface area contributed by atoms with E-state index in [0.29, 0.717) is 26.5 Å². The van der Waals surface area contributed by atoms with Crippen molar-refractivity contribution in [1.82, 2.24) is 9.97 Å². The fourth-order valence-electron chi connectivity index (χ4n) is 3.24. The third-order valence-corrected chi connectivity index (χ3v) is 5.82. The van der Waals surface area contributed by atoms with Crippen molar-refractivity contribution < 1.29 is 4.79 Å². The maximum Gasteiger partial charge on any atom is 0.269 e. The minimum atomic E-state index is -0.388. The topological polar surface area (TPSA) is 131 Å². The number of thiophene rings is 1. The molecule has 0 fully saturated rings. The number of aryl methyl sites for hydroxylation is 2. The van der Waals surface area contributed by atoms with Crippen molar-refractivity contribution in [2.75, 3.05) is 16.8 Å². The largest absolute Gasteiger partial charge is 0.397 e. The third-order valence-electron chi connectivity index (χ3n) is 4.72. The summed E-state index contributed by atoms with van der Waals surface area (Å²) in [6, 6.07) is 13.4. The molecule has 0 saturated heterocycles. The van der Waals surface area contributed by atoms with Crippen LogP contribution in [0.25, 0.3) is 21.3 Å². The number of nitriles is 1. The smallest absolute Gasteiger partial charge is 0.269 e. The van der Waals surface area contributed by atoms with Crippen LogP contribution in [0.3, 0.4) is 0 Å². The van der Waals surface area contributed by atoms with Gasteiger partial charge in [0.05, 0.1) is 5.69 Å². The highest BCUT2D eigenvalue weighted by Crippen LogP contribution is 2.42. The van der Waals surface area contributed by atoms with Gasteiger partial charge in [-0.2, -0.15) is 5.26 Å². The Labute approximate surface area is 177 Å². The van der Waals surface area contributed by atoms with E-state index < -0.39 is 0 Å². The highest BCUT2D eigenvalue weighted by molar-refractivity contribution is 7.21. The summed E-state index contributed by atoms with van der Waals surface area (Å²) in [5.41, 5.74) is 16.4. The van der Waals surface area contributed by atoms with E-state index in [4.69, 9.17) is 11.5 Å². The Morgan fingerprint density at radius 3 is 2.53 bits per heavy atom. The van der Waals surface area contributed by atoms with E-state index in [9.17, 15) is 10.1 Å². The summed E-state index contributed by atoms with van der Waals surface area (Å²) in [5, 5.41) is 13.0. The zero-order chi connectivity index (χ0) is 21.4. The molecule has 3 aromatic heterocycles. The molecule has 4 aromatic rings. The molecule has 0 aliphatic carbocycles. The van der Waals surface area contributed by atoms with E-state index in [1.54, 1.807) is 12.3 Å². The molecular formula is C22H18N6OS. The van der Waals surface area contributed by atoms with Crippen molar-refractivity contribution in [1.29, 1.82) is 5.26 Å². The summed E-state index contributed by atoms with van der Waals surface area (Å²) in [4.78, 5) is 22.2. The number of carbonyl (C=O) groups is 1. The molecule has 0 spiro atoms. The van der Waals surface area contributed by atoms with Crippen molar-refractivity contribution in [3.05, 3.63) is 64.2 Å². The van der Waals surface area contributed by atoms with Gasteiger partial charge in [-0.15, -0.1) is 11.3 Å². The minimum absolute atomic E-state index is 0.106. The second kappa shape index (κ2) is 7.46. The van der Waals surface area contributed by atoms with Crippen LogP contribution < -0.4 is 16.8 Å². The second-order valence-electron chi connectivity index (χ2n) is 6.92. The quantitative estimate of drug-likeness (QED) is 0.459. The third kappa shape index (κ3) is 3.32. The van der Waals surface area contributed by atoms with Gasteiger partial charge >= 0.3 is 0 Å². The molecule has 1 aromatic carbocycles. The summed E-state index contributed by atoms with van der Waals surface area (Å²) < 4.78 is 0. The Bertz CT molecular complexity index is 1330. The lowest BCUT2D eigenvalue weighted by Gasteiger charge is -2.10. The zero-order valence-corrected chi connectivity index (χ0v) is 17.2. The van der Waals surface area contributed by atoms with Crippen LogP contribution in [0.1, 0.15) is 26.4 Å². The molecule has 5 N–H and O–H groups in total. The first kappa shape index (κ1) is 19.4. The van der Waals surface area contributed by atoms with Crippen LogP contribution in [0.15, 0.2) is 42.6 Å². The molecule has 0 saturated carbocycles. The number of anilines is 3. The number of nitrogens with zero attached hydrogens (tertiary/aromatic N) is 3. The van der Waals surface area contributed by atoms with Gasteiger partial charge in [-0.05, 0) is 37.1 Å². The standard InChI is InChI=1S/C22H18N6OS/c1-11-3-5-13(6-4-11)16-14(10-23)20(25)28-22-17(16)18(24)19(30-22)21(29)27-15-9-12(2)7-8-26-15/h3-9H,24H2,1-2H3,(H2,25,28)(H,26,27,29). The van der Waals surface area contributed by atoms with Crippen LogP contribution in [0.5, 0.6) is 0 Å². The molecule has 1 amide bonds. The van der Waals surface area contributed by atoms with Crippen molar-refractivity contribution in [2.24, 2.45) is 0 Å². The Kier molecular flexibility index (Phi) is 4.82. The molecule has 30 heavy (non-hydrogen) atoms. The van der Waals surface area contributed by atoms with Crippen molar-refractivity contribution in [3.63, 3.8) is 0 Å². The molecule has 0 atom stereocenters. The van der Waals surface area contributed by atoms with Gasteiger partial charge in [-0.1, -0.05) is 29.8 Å². The predicted molar refractivity (Wildman–Crippen MR) is 120 cm³/mol. The first-order valence-electron chi connectivity index (χ1n) is 9.11. The van der Waals surface area contributed by atoms with Crippen LogP contribution in [-0.4, -0.2) is 15.9 Å². The molecule has 0 unspecified atom stereocenters. The van der Waals surface area contributed by atoms with Crippen LogP contribution in [0.2, 0.25) is 0 Å². The van der Waals surface area contributed by atoms with Crippen LogP contribution >= 0.6 is 11.3 Å². The highest BCUT2D eigenvalue weighted by Gasteiger charge is 2.24. The summed E-state index contributed by atoms with van der Waals surface area (Å²) in [6.45, 7) is 3.89. The van der Waals surface area contributed by atoms with E-state index in [-0.39, 0.29) is 23.0 Å². The summed E-state index contributed by atoms with van der Waals surface area (Å²) >= 11 is 1.14. The molecular weight excluding hydrogens is 396 g/mol. The molecule has 0 aliphatic heterocycles. The van der Waals surface area contributed by atoms with Gasteiger partial charge in [0.25, 0.3) is 5.91 Å². The lowest BCUT2D eigenvalue weighted by Crippen LogP contribution is -2.13. The van der Waals surface area contributed by atoms with Crippen molar-refractivity contribution in [3.8, 4) is 17.2 Å². The summed E-state index contributed by atoms with van der Waals surface area (Å²) in [6.07, 6.45) is 1.62. The van der Waals surface area contributed by atoms with E-state index in [2.05, 4.69) is 21.4 Å². The Hall–Kier alpha value is -3.96. The number of carbonyl (C=O) groups excluding carboxylic acids is 1. The summed E-state index contributed by atoms with van der Waals surface area (Å²) in [7, 11) is 0. The molecule has 0 aliphatic rings. The van der Waals surface area contributed by atoms with E-state index in [0.717, 1.165) is 28.0 Å². The fraction of sp³-hybridized carbons (Fsp3) is 0.0909. The molecule has 0 bridgehead atoms. The first-order valence-corrected chi connectivity index (χ1v) is 9.93. The van der Waals surface area contributed by atoms with Crippen LogP contribution in [0, 0.1) is 25.2 Å². The number of rotatable bonds is 3. The zero-order valence-electron chi connectivity index (χ0n) is 16.4. The fourth-order valence-corrected chi connectivity index (χ4v) is 4.25. The molecule has 3 heterocycles. The number of amides is 1.